The van der Waals surface area contributed by atoms with Crippen LogP contribution >= 0.6 is 34.5 Å². The first-order valence-electron chi connectivity index (χ1n) is 10.4. The molecule has 0 aliphatic rings. The molecule has 5 nitrogen and oxygen atoms in total. The van der Waals surface area contributed by atoms with Gasteiger partial charge >= 0.3 is 6.16 Å². The third-order valence-corrected chi connectivity index (χ3v) is 7.50. The van der Waals surface area contributed by atoms with Crippen LogP contribution < -0.4 is 10.2 Å². The van der Waals surface area contributed by atoms with Crippen molar-refractivity contribution in [3.05, 3.63) is 109 Å². The number of thiophene rings is 1. The van der Waals surface area contributed by atoms with E-state index in [1.807, 2.05) is 47.0 Å². The summed E-state index contributed by atoms with van der Waals surface area (Å²) in [6, 6.07) is 21.1. The Hall–Kier alpha value is -3.32. The summed E-state index contributed by atoms with van der Waals surface area (Å²) in [6.07, 6.45) is 0.387. The summed E-state index contributed by atoms with van der Waals surface area (Å²) in [5.74, 6) is -0.237. The highest BCUT2D eigenvalue weighted by atomic mass is 35.5. The van der Waals surface area contributed by atoms with Gasteiger partial charge in [-0.1, -0.05) is 59.6 Å². The van der Waals surface area contributed by atoms with E-state index < -0.39 is 11.6 Å². The number of carbonyl (C=O) groups is 1. The Bertz CT molecular complexity index is 1590. The molecule has 5 rings (SSSR count). The lowest BCUT2D eigenvalue weighted by atomic mass is 10.0. The first-order chi connectivity index (χ1) is 16.4. The predicted molar refractivity (Wildman–Crippen MR) is 137 cm³/mol. The van der Waals surface area contributed by atoms with Crippen molar-refractivity contribution in [2.45, 2.75) is 13.0 Å². The molecule has 0 amide bonds. The molecule has 0 aliphatic carbocycles. The summed E-state index contributed by atoms with van der Waals surface area (Å²) >= 11 is 14.1. The third kappa shape index (κ3) is 4.40. The van der Waals surface area contributed by atoms with E-state index in [1.54, 1.807) is 23.5 Å². The van der Waals surface area contributed by atoms with Crippen molar-refractivity contribution < 1.29 is 14.6 Å². The second-order valence-electron chi connectivity index (χ2n) is 7.81. The molecule has 5 aromatic rings. The predicted octanol–water partition coefficient (Wildman–Crippen LogP) is 7.22. The Kier molecular flexibility index (Phi) is 6.04. The van der Waals surface area contributed by atoms with Crippen LogP contribution in [0.5, 0.6) is 5.75 Å². The van der Waals surface area contributed by atoms with Gasteiger partial charge in [0.05, 0.1) is 28.3 Å². The van der Waals surface area contributed by atoms with Gasteiger partial charge in [-0.05, 0) is 53.3 Å². The number of benzene rings is 3. The number of fused-ring (bicyclic) bond motifs is 2. The molecule has 8 heteroatoms. The molecule has 170 valence electrons. The van der Waals surface area contributed by atoms with E-state index in [9.17, 15) is 9.59 Å². The Labute approximate surface area is 208 Å². The molecule has 0 saturated heterocycles. The Morgan fingerprint density at radius 2 is 1.85 bits per heavy atom. The van der Waals surface area contributed by atoms with Gasteiger partial charge in [0.2, 0.25) is 5.43 Å². The number of hydrogen-bond acceptors (Lipinski definition) is 4. The monoisotopic (exact) mass is 509 g/mol. The molecular formula is C26H17Cl2NO4S. The van der Waals surface area contributed by atoms with E-state index in [4.69, 9.17) is 33.0 Å². The van der Waals surface area contributed by atoms with E-state index in [2.05, 4.69) is 12.1 Å². The average Bonchev–Trinajstić information content (AvgIpc) is 3.22. The van der Waals surface area contributed by atoms with Gasteiger partial charge in [0.15, 0.2) is 5.75 Å². The number of nitrogens with zero attached hydrogens (tertiary/aromatic N) is 1. The van der Waals surface area contributed by atoms with Gasteiger partial charge in [-0.3, -0.25) is 4.79 Å². The van der Waals surface area contributed by atoms with Gasteiger partial charge in [-0.25, -0.2) is 4.79 Å². The molecule has 0 unspecified atom stereocenters. The van der Waals surface area contributed by atoms with Crippen LogP contribution in [-0.4, -0.2) is 15.8 Å². The summed E-state index contributed by atoms with van der Waals surface area (Å²) in [5.41, 5.74) is 1.87. The molecule has 0 radical (unpaired) electrons. The first kappa shape index (κ1) is 22.5. The zero-order chi connectivity index (χ0) is 23.8. The summed E-state index contributed by atoms with van der Waals surface area (Å²) < 4.78 is 7.83. The molecule has 2 aromatic heterocycles. The summed E-state index contributed by atoms with van der Waals surface area (Å²) in [7, 11) is 0. The van der Waals surface area contributed by atoms with Gasteiger partial charge in [0.1, 0.15) is 0 Å². The van der Waals surface area contributed by atoms with Crippen molar-refractivity contribution in [2.75, 3.05) is 0 Å². The van der Waals surface area contributed by atoms with Gasteiger partial charge in [-0.15, -0.1) is 11.3 Å². The number of halogens is 2. The van der Waals surface area contributed by atoms with E-state index >= 15 is 0 Å². The van der Waals surface area contributed by atoms with Crippen molar-refractivity contribution in [3.8, 4) is 5.75 Å². The minimum absolute atomic E-state index is 0.237. The van der Waals surface area contributed by atoms with Crippen LogP contribution in [-0.2, 0) is 13.0 Å². The largest absolute Gasteiger partial charge is 0.511 e. The zero-order valence-electron chi connectivity index (χ0n) is 17.6. The minimum atomic E-state index is -1.54. The number of ether oxygens (including phenoxy) is 1. The molecular weight excluding hydrogens is 493 g/mol. The number of pyridine rings is 1. The van der Waals surface area contributed by atoms with Crippen LogP contribution in [0.15, 0.2) is 77.7 Å². The van der Waals surface area contributed by atoms with Crippen molar-refractivity contribution in [1.29, 1.82) is 0 Å². The SMILES string of the molecule is O=C(O)Oc1cn(Cc2cc3ccccc3s2)c2ccc(Cc3cccc(Cl)c3Cl)cc2c1=O. The van der Waals surface area contributed by atoms with E-state index in [0.717, 1.165) is 26.1 Å². The van der Waals surface area contributed by atoms with Crippen molar-refractivity contribution >= 4 is 61.7 Å². The zero-order valence-corrected chi connectivity index (χ0v) is 20.0. The molecule has 2 heterocycles. The lowest BCUT2D eigenvalue weighted by Gasteiger charge is -2.13. The molecule has 0 saturated carbocycles. The molecule has 0 aliphatic heterocycles. The Morgan fingerprint density at radius 3 is 2.65 bits per heavy atom. The van der Waals surface area contributed by atoms with Gasteiger partial charge in [0, 0.05) is 15.0 Å². The van der Waals surface area contributed by atoms with E-state index in [1.165, 1.54) is 6.20 Å². The number of hydrogen-bond donors (Lipinski definition) is 1. The fourth-order valence-corrected chi connectivity index (χ4v) is 5.46. The molecule has 0 fully saturated rings. The topological polar surface area (TPSA) is 68.5 Å². The molecule has 0 bridgehead atoms. The van der Waals surface area contributed by atoms with Gasteiger partial charge in [-0.2, -0.15) is 0 Å². The van der Waals surface area contributed by atoms with Crippen LogP contribution in [0.4, 0.5) is 4.79 Å². The fourth-order valence-electron chi connectivity index (χ4n) is 4.01. The third-order valence-electron chi connectivity index (χ3n) is 5.54. The smallest absolute Gasteiger partial charge is 0.449 e. The average molecular weight is 510 g/mol. The van der Waals surface area contributed by atoms with Gasteiger partial charge < -0.3 is 14.4 Å². The number of aromatic nitrogens is 1. The highest BCUT2D eigenvalue weighted by Gasteiger charge is 2.15. The molecule has 0 atom stereocenters. The second-order valence-corrected chi connectivity index (χ2v) is 9.76. The van der Waals surface area contributed by atoms with Crippen LogP contribution in [0.25, 0.3) is 21.0 Å². The minimum Gasteiger partial charge on any atom is -0.449 e. The van der Waals surface area contributed by atoms with Crippen molar-refractivity contribution in [1.82, 2.24) is 4.57 Å². The lowest BCUT2D eigenvalue weighted by Crippen LogP contribution is -2.16. The van der Waals surface area contributed by atoms with Crippen LogP contribution in [0.2, 0.25) is 10.0 Å². The summed E-state index contributed by atoms with van der Waals surface area (Å²) in [6.45, 7) is 0.464. The maximum Gasteiger partial charge on any atom is 0.511 e. The van der Waals surface area contributed by atoms with Crippen LogP contribution in [0, 0.1) is 0 Å². The fraction of sp³-hybridized carbons (Fsp3) is 0.0769. The summed E-state index contributed by atoms with van der Waals surface area (Å²) in [4.78, 5) is 25.4. The maximum atomic E-state index is 13.1. The molecule has 0 spiro atoms. The summed E-state index contributed by atoms with van der Waals surface area (Å²) in [5, 5.41) is 11.6. The highest BCUT2D eigenvalue weighted by molar-refractivity contribution is 7.19. The van der Waals surface area contributed by atoms with Crippen molar-refractivity contribution in [2.24, 2.45) is 0 Å². The molecule has 1 N–H and O–H groups in total. The maximum absolute atomic E-state index is 13.1. The lowest BCUT2D eigenvalue weighted by molar-refractivity contribution is 0.144. The Balaban J connectivity index is 1.61. The van der Waals surface area contributed by atoms with E-state index in [0.29, 0.717) is 33.9 Å². The number of carboxylic acid groups (broad SMARTS) is 1. The van der Waals surface area contributed by atoms with Gasteiger partial charge in [0.25, 0.3) is 0 Å². The molecule has 34 heavy (non-hydrogen) atoms. The standard InChI is InChI=1S/C26H17Cl2NO4S/c27-20-6-3-5-17(24(20)28)10-15-8-9-21-19(11-15)25(30)22(33-26(31)32)14-29(21)13-18-12-16-4-1-2-7-23(16)34-18/h1-9,11-12,14H,10,13H2,(H,31,32). The van der Waals surface area contributed by atoms with E-state index in [-0.39, 0.29) is 5.75 Å². The highest BCUT2D eigenvalue weighted by Crippen LogP contribution is 2.30. The van der Waals surface area contributed by atoms with Crippen LogP contribution in [0.3, 0.4) is 0 Å². The first-order valence-corrected chi connectivity index (χ1v) is 11.9. The van der Waals surface area contributed by atoms with Crippen LogP contribution in [0.1, 0.15) is 16.0 Å². The number of rotatable bonds is 5. The molecule has 3 aromatic carbocycles. The second kappa shape index (κ2) is 9.14. The Morgan fingerprint density at radius 1 is 1.03 bits per heavy atom. The van der Waals surface area contributed by atoms with Crippen molar-refractivity contribution in [3.63, 3.8) is 0 Å². The normalized spacial score (nSPS) is 11.2. The quantitative estimate of drug-likeness (QED) is 0.254.